The maximum atomic E-state index is 13.1. The van der Waals surface area contributed by atoms with Crippen LogP contribution in [0.25, 0.3) is 0 Å². The summed E-state index contributed by atoms with van der Waals surface area (Å²) in [5.41, 5.74) is 0.636. The lowest BCUT2D eigenvalue weighted by Gasteiger charge is -2.04. The van der Waals surface area contributed by atoms with Gasteiger partial charge in [-0.15, -0.1) is 0 Å². The van der Waals surface area contributed by atoms with Crippen molar-refractivity contribution in [1.82, 2.24) is 0 Å². The molecular formula is C13H7BrClFO. The minimum absolute atomic E-state index is 0.171. The van der Waals surface area contributed by atoms with Crippen LogP contribution in [0.3, 0.4) is 0 Å². The summed E-state index contributed by atoms with van der Waals surface area (Å²) in [4.78, 5) is 12.1. The molecule has 0 heterocycles. The van der Waals surface area contributed by atoms with Gasteiger partial charge in [-0.25, -0.2) is 4.39 Å². The highest BCUT2D eigenvalue weighted by Crippen LogP contribution is 2.22. The summed E-state index contributed by atoms with van der Waals surface area (Å²) >= 11 is 9.16. The summed E-state index contributed by atoms with van der Waals surface area (Å²) in [7, 11) is 0. The summed E-state index contributed by atoms with van der Waals surface area (Å²) in [5.74, 6) is -0.774. The van der Waals surface area contributed by atoms with Crippen molar-refractivity contribution in [2.45, 2.75) is 0 Å². The molecule has 0 fully saturated rings. The summed E-state index contributed by atoms with van der Waals surface area (Å²) in [6.07, 6.45) is 0. The van der Waals surface area contributed by atoms with Crippen molar-refractivity contribution in [3.8, 4) is 0 Å². The molecule has 4 heteroatoms. The molecule has 0 aliphatic heterocycles. The van der Waals surface area contributed by atoms with E-state index in [0.717, 1.165) is 10.5 Å². The van der Waals surface area contributed by atoms with E-state index in [1.807, 2.05) is 6.07 Å². The van der Waals surface area contributed by atoms with Crippen molar-refractivity contribution >= 4 is 33.3 Å². The van der Waals surface area contributed by atoms with E-state index >= 15 is 0 Å². The zero-order valence-corrected chi connectivity index (χ0v) is 10.9. The van der Waals surface area contributed by atoms with Gasteiger partial charge >= 0.3 is 0 Å². The molecule has 2 aromatic carbocycles. The van der Waals surface area contributed by atoms with Crippen molar-refractivity contribution in [2.24, 2.45) is 0 Å². The molecule has 0 unspecified atom stereocenters. The average molecular weight is 314 g/mol. The fraction of sp³-hybridized carbons (Fsp3) is 0. The number of hydrogen-bond donors (Lipinski definition) is 0. The highest BCUT2D eigenvalue weighted by molar-refractivity contribution is 9.10. The van der Waals surface area contributed by atoms with Crippen LogP contribution in [0, 0.1) is 5.82 Å². The largest absolute Gasteiger partial charge is 0.289 e. The molecule has 0 atom stereocenters. The molecule has 2 rings (SSSR count). The van der Waals surface area contributed by atoms with Crippen LogP contribution in [0.2, 0.25) is 5.02 Å². The van der Waals surface area contributed by atoms with Crippen LogP contribution in [-0.2, 0) is 0 Å². The van der Waals surface area contributed by atoms with Gasteiger partial charge in [0.15, 0.2) is 5.78 Å². The Labute approximate surface area is 111 Å². The van der Waals surface area contributed by atoms with Gasteiger partial charge in [0.2, 0.25) is 0 Å². The number of ketones is 1. The zero-order chi connectivity index (χ0) is 12.4. The first-order valence-electron chi connectivity index (χ1n) is 4.83. The molecule has 0 amide bonds. The monoisotopic (exact) mass is 312 g/mol. The first kappa shape index (κ1) is 12.3. The molecule has 17 heavy (non-hydrogen) atoms. The SMILES string of the molecule is O=C(c1cccc(Br)c1)c1cc(F)ccc1Cl. The molecule has 2 aromatic rings. The van der Waals surface area contributed by atoms with Gasteiger partial charge in [0.1, 0.15) is 5.82 Å². The fourth-order valence-corrected chi connectivity index (χ4v) is 2.06. The Bertz CT molecular complexity index is 583. The van der Waals surface area contributed by atoms with E-state index < -0.39 is 5.82 Å². The Kier molecular flexibility index (Phi) is 3.60. The number of rotatable bonds is 2. The molecule has 0 bridgehead atoms. The maximum Gasteiger partial charge on any atom is 0.194 e. The van der Waals surface area contributed by atoms with Crippen molar-refractivity contribution in [3.63, 3.8) is 0 Å². The van der Waals surface area contributed by atoms with E-state index in [-0.39, 0.29) is 16.4 Å². The lowest BCUT2D eigenvalue weighted by atomic mass is 10.0. The van der Waals surface area contributed by atoms with E-state index in [9.17, 15) is 9.18 Å². The Morgan fingerprint density at radius 3 is 2.65 bits per heavy atom. The average Bonchev–Trinajstić information content (AvgIpc) is 2.31. The predicted molar refractivity (Wildman–Crippen MR) is 69.0 cm³/mol. The highest BCUT2D eigenvalue weighted by Gasteiger charge is 2.13. The topological polar surface area (TPSA) is 17.1 Å². The highest BCUT2D eigenvalue weighted by atomic mass is 79.9. The summed E-state index contributed by atoms with van der Waals surface area (Å²) < 4.78 is 13.9. The predicted octanol–water partition coefficient (Wildman–Crippen LogP) is 4.47. The van der Waals surface area contributed by atoms with Gasteiger partial charge in [0.05, 0.1) is 5.02 Å². The van der Waals surface area contributed by atoms with Crippen LogP contribution < -0.4 is 0 Å². The van der Waals surface area contributed by atoms with E-state index in [2.05, 4.69) is 15.9 Å². The van der Waals surface area contributed by atoms with Crippen molar-refractivity contribution in [1.29, 1.82) is 0 Å². The number of halogens is 3. The molecule has 86 valence electrons. The molecule has 0 saturated heterocycles. The molecule has 0 spiro atoms. The Morgan fingerprint density at radius 1 is 1.18 bits per heavy atom. The van der Waals surface area contributed by atoms with Crippen molar-refractivity contribution in [2.75, 3.05) is 0 Å². The third-order valence-electron chi connectivity index (χ3n) is 2.26. The van der Waals surface area contributed by atoms with E-state index in [4.69, 9.17) is 11.6 Å². The zero-order valence-electron chi connectivity index (χ0n) is 8.58. The Balaban J connectivity index is 2.47. The Hall–Kier alpha value is -1.19. The normalized spacial score (nSPS) is 10.3. The number of benzene rings is 2. The summed E-state index contributed by atoms with van der Waals surface area (Å²) in [5, 5.41) is 0.247. The molecule has 1 nitrogen and oxygen atoms in total. The van der Waals surface area contributed by atoms with Crippen LogP contribution in [0.4, 0.5) is 4.39 Å². The summed E-state index contributed by atoms with van der Waals surface area (Å²) in [6, 6.07) is 10.6. The van der Waals surface area contributed by atoms with Crippen LogP contribution >= 0.6 is 27.5 Å². The second-order valence-electron chi connectivity index (χ2n) is 3.46. The van der Waals surface area contributed by atoms with Gasteiger partial charge in [0.25, 0.3) is 0 Å². The Morgan fingerprint density at radius 2 is 1.94 bits per heavy atom. The number of hydrogen-bond acceptors (Lipinski definition) is 1. The molecule has 0 radical (unpaired) electrons. The second kappa shape index (κ2) is 4.98. The van der Waals surface area contributed by atoms with Crippen LogP contribution in [0.15, 0.2) is 46.9 Å². The van der Waals surface area contributed by atoms with Gasteiger partial charge in [-0.3, -0.25) is 4.79 Å². The van der Waals surface area contributed by atoms with Crippen LogP contribution in [0.5, 0.6) is 0 Å². The smallest absolute Gasteiger partial charge is 0.194 e. The minimum Gasteiger partial charge on any atom is -0.289 e. The molecule has 0 aliphatic carbocycles. The van der Waals surface area contributed by atoms with Crippen molar-refractivity contribution < 1.29 is 9.18 Å². The molecule has 0 saturated carbocycles. The third-order valence-corrected chi connectivity index (χ3v) is 3.08. The lowest BCUT2D eigenvalue weighted by Crippen LogP contribution is -2.02. The van der Waals surface area contributed by atoms with E-state index in [1.165, 1.54) is 12.1 Å². The fourth-order valence-electron chi connectivity index (χ4n) is 1.46. The van der Waals surface area contributed by atoms with Gasteiger partial charge in [-0.05, 0) is 30.3 Å². The molecule has 0 aliphatic rings. The maximum absolute atomic E-state index is 13.1. The standard InChI is InChI=1S/C13H7BrClFO/c14-9-3-1-2-8(6-9)13(17)11-7-10(16)4-5-12(11)15/h1-7H. The second-order valence-corrected chi connectivity index (χ2v) is 4.79. The van der Waals surface area contributed by atoms with Gasteiger partial charge in [-0.1, -0.05) is 39.7 Å². The quantitative estimate of drug-likeness (QED) is 0.748. The lowest BCUT2D eigenvalue weighted by molar-refractivity contribution is 0.103. The van der Waals surface area contributed by atoms with Gasteiger partial charge in [-0.2, -0.15) is 0 Å². The third kappa shape index (κ3) is 2.73. The van der Waals surface area contributed by atoms with E-state index in [1.54, 1.807) is 18.2 Å². The number of carbonyl (C=O) groups excluding carboxylic acids is 1. The van der Waals surface area contributed by atoms with E-state index in [0.29, 0.717) is 5.56 Å². The summed E-state index contributed by atoms with van der Waals surface area (Å²) in [6.45, 7) is 0. The van der Waals surface area contributed by atoms with Gasteiger partial charge in [0, 0.05) is 15.6 Å². The first-order chi connectivity index (χ1) is 8.08. The first-order valence-corrected chi connectivity index (χ1v) is 6.00. The molecular weight excluding hydrogens is 306 g/mol. The van der Waals surface area contributed by atoms with Crippen LogP contribution in [0.1, 0.15) is 15.9 Å². The van der Waals surface area contributed by atoms with Crippen LogP contribution in [-0.4, -0.2) is 5.78 Å². The van der Waals surface area contributed by atoms with Crippen molar-refractivity contribution in [3.05, 3.63) is 68.9 Å². The van der Waals surface area contributed by atoms with Gasteiger partial charge < -0.3 is 0 Å². The minimum atomic E-state index is -0.479. The number of carbonyl (C=O) groups is 1. The molecule has 0 aromatic heterocycles. The molecule has 0 N–H and O–H groups in total.